The summed E-state index contributed by atoms with van der Waals surface area (Å²) in [6.45, 7) is 3.14. The third kappa shape index (κ3) is 4.70. The van der Waals surface area contributed by atoms with Crippen LogP contribution >= 0.6 is 0 Å². The predicted molar refractivity (Wildman–Crippen MR) is 117 cm³/mol. The third-order valence-corrected chi connectivity index (χ3v) is 5.29. The second kappa shape index (κ2) is 8.93. The van der Waals surface area contributed by atoms with Crippen LogP contribution in [0.4, 0.5) is 5.69 Å². The first-order chi connectivity index (χ1) is 15.0. The number of non-ortho nitro benzene ring substituents is 1. The van der Waals surface area contributed by atoms with Crippen LogP contribution in [0.15, 0.2) is 69.9 Å². The number of amides is 1. The van der Waals surface area contributed by atoms with Crippen LogP contribution in [-0.4, -0.2) is 53.4 Å². The van der Waals surface area contributed by atoms with E-state index in [0.29, 0.717) is 31.6 Å². The van der Waals surface area contributed by atoms with Gasteiger partial charge in [-0.25, -0.2) is 4.79 Å². The van der Waals surface area contributed by atoms with E-state index >= 15 is 0 Å². The minimum absolute atomic E-state index is 0.106. The fourth-order valence-electron chi connectivity index (χ4n) is 3.58. The molecule has 0 atom stereocenters. The lowest BCUT2D eigenvalue weighted by molar-refractivity contribution is -0.384. The van der Waals surface area contributed by atoms with Gasteiger partial charge in [0.2, 0.25) is 0 Å². The molecule has 0 N–H and O–H groups in total. The second-order valence-electron chi connectivity index (χ2n) is 7.33. The molecule has 1 aliphatic rings. The van der Waals surface area contributed by atoms with E-state index in [1.807, 2.05) is 30.3 Å². The number of nitro groups is 1. The number of carbonyl (C=O) groups excluding carboxylic acids is 1. The van der Waals surface area contributed by atoms with Crippen molar-refractivity contribution in [3.05, 3.63) is 92.3 Å². The van der Waals surface area contributed by atoms with Crippen molar-refractivity contribution in [1.82, 2.24) is 9.80 Å². The zero-order valence-electron chi connectivity index (χ0n) is 16.8. The van der Waals surface area contributed by atoms with E-state index in [-0.39, 0.29) is 16.8 Å². The molecule has 0 aliphatic carbocycles. The van der Waals surface area contributed by atoms with Crippen LogP contribution in [0.25, 0.3) is 17.0 Å². The smallest absolute Gasteiger partial charge is 0.349 e. The molecular weight excluding hydrogens is 398 g/mol. The van der Waals surface area contributed by atoms with E-state index in [2.05, 4.69) is 17.1 Å². The van der Waals surface area contributed by atoms with E-state index in [1.54, 1.807) is 4.90 Å². The SMILES string of the molecule is O=C(c1cc2cc([N+](=O)[O-])ccc2oc1=O)N1CCN(C/C=C\c2ccccc2)CC1. The molecule has 0 radical (unpaired) electrons. The molecule has 1 aromatic heterocycles. The van der Waals surface area contributed by atoms with Crippen LogP contribution in [0, 0.1) is 10.1 Å². The van der Waals surface area contributed by atoms with Crippen LogP contribution in [-0.2, 0) is 0 Å². The summed E-state index contributed by atoms with van der Waals surface area (Å²) >= 11 is 0. The minimum atomic E-state index is -0.737. The van der Waals surface area contributed by atoms with Gasteiger partial charge in [-0.2, -0.15) is 0 Å². The van der Waals surface area contributed by atoms with Crippen molar-refractivity contribution in [2.24, 2.45) is 0 Å². The topological polar surface area (TPSA) is 96.9 Å². The number of piperazine rings is 1. The van der Waals surface area contributed by atoms with Gasteiger partial charge < -0.3 is 9.32 Å². The lowest BCUT2D eigenvalue weighted by Gasteiger charge is -2.34. The van der Waals surface area contributed by atoms with Gasteiger partial charge in [-0.15, -0.1) is 0 Å². The number of nitrogens with zero attached hydrogens (tertiary/aromatic N) is 3. The van der Waals surface area contributed by atoms with Gasteiger partial charge in [0.05, 0.1) is 4.92 Å². The first-order valence-corrected chi connectivity index (χ1v) is 9.97. The second-order valence-corrected chi connectivity index (χ2v) is 7.33. The molecular formula is C23H21N3O5. The molecule has 8 heteroatoms. The number of nitro benzene ring substituents is 1. The van der Waals surface area contributed by atoms with Gasteiger partial charge in [-0.05, 0) is 17.7 Å². The molecule has 0 unspecified atom stereocenters. The Kier molecular flexibility index (Phi) is 5.90. The minimum Gasteiger partial charge on any atom is -0.422 e. The summed E-state index contributed by atoms with van der Waals surface area (Å²) in [5.41, 5.74) is 0.378. The Labute approximate surface area is 178 Å². The van der Waals surface area contributed by atoms with Gasteiger partial charge >= 0.3 is 5.63 Å². The van der Waals surface area contributed by atoms with Crippen LogP contribution in [0.3, 0.4) is 0 Å². The van der Waals surface area contributed by atoms with Crippen molar-refractivity contribution in [2.75, 3.05) is 32.7 Å². The zero-order chi connectivity index (χ0) is 21.8. The van der Waals surface area contributed by atoms with Crippen molar-refractivity contribution in [3.63, 3.8) is 0 Å². The van der Waals surface area contributed by atoms with E-state index < -0.39 is 16.5 Å². The Morgan fingerprint density at radius 1 is 1.06 bits per heavy atom. The van der Waals surface area contributed by atoms with E-state index in [9.17, 15) is 19.7 Å². The number of hydrogen-bond donors (Lipinski definition) is 0. The number of hydrogen-bond acceptors (Lipinski definition) is 6. The van der Waals surface area contributed by atoms with Crippen LogP contribution in [0.2, 0.25) is 0 Å². The van der Waals surface area contributed by atoms with Crippen molar-refractivity contribution < 1.29 is 14.1 Å². The maximum Gasteiger partial charge on any atom is 0.349 e. The van der Waals surface area contributed by atoms with Gasteiger partial charge in [0.25, 0.3) is 11.6 Å². The molecule has 158 valence electrons. The number of rotatable bonds is 5. The van der Waals surface area contributed by atoms with Gasteiger partial charge in [-0.3, -0.25) is 19.8 Å². The lowest BCUT2D eigenvalue weighted by atomic mass is 10.1. The van der Waals surface area contributed by atoms with Crippen molar-refractivity contribution in [3.8, 4) is 0 Å². The van der Waals surface area contributed by atoms with Gasteiger partial charge in [0.15, 0.2) is 0 Å². The molecule has 8 nitrogen and oxygen atoms in total. The van der Waals surface area contributed by atoms with Gasteiger partial charge in [-0.1, -0.05) is 42.5 Å². The molecule has 1 aliphatic heterocycles. The highest BCUT2D eigenvalue weighted by Gasteiger charge is 2.25. The standard InChI is InChI=1S/C23H21N3O5/c27-22(20-16-18-15-19(26(29)30)8-9-21(18)31-23(20)28)25-13-11-24(12-14-25)10-4-7-17-5-2-1-3-6-17/h1-9,15-16H,10-14H2/b7-4-. The Balaban J connectivity index is 1.41. The summed E-state index contributed by atoms with van der Waals surface area (Å²) in [7, 11) is 0. The lowest BCUT2D eigenvalue weighted by Crippen LogP contribution is -2.49. The highest BCUT2D eigenvalue weighted by atomic mass is 16.6. The molecule has 31 heavy (non-hydrogen) atoms. The summed E-state index contributed by atoms with van der Waals surface area (Å²) in [6, 6.07) is 15.3. The molecule has 2 heterocycles. The normalized spacial score (nSPS) is 14.9. The van der Waals surface area contributed by atoms with Gasteiger partial charge in [0.1, 0.15) is 11.1 Å². The fraction of sp³-hybridized carbons (Fsp3) is 0.217. The first-order valence-electron chi connectivity index (χ1n) is 9.97. The quantitative estimate of drug-likeness (QED) is 0.358. The molecule has 1 saturated heterocycles. The Bertz CT molecular complexity index is 1190. The van der Waals surface area contributed by atoms with E-state index in [1.165, 1.54) is 24.3 Å². The van der Waals surface area contributed by atoms with Crippen LogP contribution < -0.4 is 5.63 Å². The molecule has 3 aromatic rings. The van der Waals surface area contributed by atoms with Gasteiger partial charge in [0, 0.05) is 50.2 Å². The Hall–Kier alpha value is -3.78. The van der Waals surface area contributed by atoms with Crippen molar-refractivity contribution in [2.45, 2.75) is 0 Å². The maximum atomic E-state index is 12.9. The highest BCUT2D eigenvalue weighted by Crippen LogP contribution is 2.21. The highest BCUT2D eigenvalue weighted by molar-refractivity contribution is 5.97. The summed E-state index contributed by atoms with van der Waals surface area (Å²) in [6.07, 6.45) is 4.16. The first kappa shape index (κ1) is 20.5. The van der Waals surface area contributed by atoms with Crippen LogP contribution in [0.1, 0.15) is 15.9 Å². The fourth-order valence-corrected chi connectivity index (χ4v) is 3.58. The maximum absolute atomic E-state index is 12.9. The summed E-state index contributed by atoms with van der Waals surface area (Å²) in [4.78, 5) is 39.5. The van der Waals surface area contributed by atoms with E-state index in [4.69, 9.17) is 4.42 Å². The Morgan fingerprint density at radius 3 is 2.52 bits per heavy atom. The number of carbonyl (C=O) groups is 1. The molecule has 1 amide bonds. The van der Waals surface area contributed by atoms with E-state index in [0.717, 1.165) is 12.1 Å². The number of fused-ring (bicyclic) bond motifs is 1. The molecule has 1 fully saturated rings. The molecule has 0 saturated carbocycles. The Morgan fingerprint density at radius 2 is 1.81 bits per heavy atom. The van der Waals surface area contributed by atoms with Crippen LogP contribution in [0.5, 0.6) is 0 Å². The zero-order valence-corrected chi connectivity index (χ0v) is 16.8. The monoisotopic (exact) mass is 419 g/mol. The van der Waals surface area contributed by atoms with Crippen molar-refractivity contribution in [1.29, 1.82) is 0 Å². The third-order valence-electron chi connectivity index (χ3n) is 5.29. The predicted octanol–water partition coefficient (Wildman–Crippen LogP) is 3.17. The molecule has 4 rings (SSSR count). The summed E-state index contributed by atoms with van der Waals surface area (Å²) in [5.74, 6) is -0.415. The molecule has 0 spiro atoms. The average molecular weight is 419 g/mol. The summed E-state index contributed by atoms with van der Waals surface area (Å²) < 4.78 is 5.21. The largest absolute Gasteiger partial charge is 0.422 e. The average Bonchev–Trinajstić information content (AvgIpc) is 2.79. The molecule has 0 bridgehead atoms. The number of benzene rings is 2. The summed E-state index contributed by atoms with van der Waals surface area (Å²) in [5, 5.41) is 11.3. The molecule has 2 aromatic carbocycles. The van der Waals surface area contributed by atoms with Crippen molar-refractivity contribution >= 4 is 28.6 Å².